The molecule has 160 valence electrons. The van der Waals surface area contributed by atoms with Gasteiger partial charge in [-0.2, -0.15) is 0 Å². The van der Waals surface area contributed by atoms with E-state index in [0.29, 0.717) is 41.1 Å². The van der Waals surface area contributed by atoms with Crippen LogP contribution >= 0.6 is 0 Å². The van der Waals surface area contributed by atoms with Gasteiger partial charge >= 0.3 is 11.5 Å². The summed E-state index contributed by atoms with van der Waals surface area (Å²) in [6, 6.07) is 12.2. The highest BCUT2D eigenvalue weighted by molar-refractivity contribution is 5.74. The molecule has 1 fully saturated rings. The number of hydrogen-bond donors (Lipinski definition) is 2. The van der Waals surface area contributed by atoms with Crippen LogP contribution in [0, 0.1) is 5.82 Å². The third-order valence-corrected chi connectivity index (χ3v) is 6.00. The number of H-pyrrole nitrogens is 1. The predicted molar refractivity (Wildman–Crippen MR) is 113 cm³/mol. The van der Waals surface area contributed by atoms with Crippen molar-refractivity contribution in [2.45, 2.75) is 44.2 Å². The van der Waals surface area contributed by atoms with Gasteiger partial charge < -0.3 is 14.2 Å². The van der Waals surface area contributed by atoms with Crippen molar-refractivity contribution in [1.29, 1.82) is 0 Å². The van der Waals surface area contributed by atoms with Crippen molar-refractivity contribution in [2.24, 2.45) is 0 Å². The van der Waals surface area contributed by atoms with Gasteiger partial charge in [0.2, 0.25) is 0 Å². The smallest absolute Gasteiger partial charge is 0.411 e. The SMILES string of the molecule is O=c1[nH]c2ccc(-n3cc(CNC4CCC(c5ccc(F)cc5)CC4)oc3=O)cc2o1. The van der Waals surface area contributed by atoms with Crippen molar-refractivity contribution in [3.63, 3.8) is 0 Å². The number of oxazole rings is 2. The van der Waals surface area contributed by atoms with Crippen LogP contribution in [0.4, 0.5) is 4.39 Å². The van der Waals surface area contributed by atoms with Gasteiger partial charge in [-0.25, -0.2) is 18.5 Å². The molecule has 2 aromatic heterocycles. The first-order valence-corrected chi connectivity index (χ1v) is 10.4. The van der Waals surface area contributed by atoms with Crippen LogP contribution in [-0.4, -0.2) is 15.6 Å². The van der Waals surface area contributed by atoms with E-state index < -0.39 is 11.5 Å². The van der Waals surface area contributed by atoms with Gasteiger partial charge in [0.25, 0.3) is 0 Å². The molecule has 31 heavy (non-hydrogen) atoms. The summed E-state index contributed by atoms with van der Waals surface area (Å²) in [5.41, 5.74) is 2.71. The Morgan fingerprint density at radius 3 is 2.58 bits per heavy atom. The molecular weight excluding hydrogens is 401 g/mol. The number of fused-ring (bicyclic) bond motifs is 1. The summed E-state index contributed by atoms with van der Waals surface area (Å²) >= 11 is 0. The van der Waals surface area contributed by atoms with Gasteiger partial charge in [-0.3, -0.25) is 4.98 Å². The molecule has 0 spiro atoms. The summed E-state index contributed by atoms with van der Waals surface area (Å²) in [6.07, 6.45) is 5.75. The fourth-order valence-corrected chi connectivity index (χ4v) is 4.34. The van der Waals surface area contributed by atoms with E-state index in [4.69, 9.17) is 8.83 Å². The summed E-state index contributed by atoms with van der Waals surface area (Å²) < 4.78 is 25.0. The van der Waals surface area contributed by atoms with Crippen LogP contribution in [0.15, 0.2) is 67.1 Å². The molecule has 0 unspecified atom stereocenters. The Hall–Kier alpha value is -3.39. The van der Waals surface area contributed by atoms with Gasteiger partial charge in [-0.1, -0.05) is 12.1 Å². The molecule has 5 rings (SSSR count). The molecule has 2 N–H and O–H groups in total. The summed E-state index contributed by atoms with van der Waals surface area (Å²) in [6.45, 7) is 0.454. The quantitative estimate of drug-likeness (QED) is 0.509. The van der Waals surface area contributed by atoms with Crippen molar-refractivity contribution >= 4 is 11.1 Å². The molecule has 0 atom stereocenters. The normalized spacial score (nSPS) is 19.1. The Morgan fingerprint density at radius 2 is 1.81 bits per heavy atom. The second-order valence-electron chi connectivity index (χ2n) is 8.01. The van der Waals surface area contributed by atoms with E-state index in [1.807, 2.05) is 12.1 Å². The maximum Gasteiger partial charge on any atom is 0.423 e. The zero-order valence-electron chi connectivity index (χ0n) is 16.8. The molecule has 0 saturated heterocycles. The predicted octanol–water partition coefficient (Wildman–Crippen LogP) is 3.82. The van der Waals surface area contributed by atoms with Gasteiger partial charge in [-0.15, -0.1) is 0 Å². The molecule has 0 amide bonds. The van der Waals surface area contributed by atoms with Crippen LogP contribution in [0.5, 0.6) is 0 Å². The van der Waals surface area contributed by atoms with Crippen LogP contribution < -0.4 is 16.8 Å². The van der Waals surface area contributed by atoms with Gasteiger partial charge in [0.15, 0.2) is 5.58 Å². The molecule has 4 aromatic rings. The van der Waals surface area contributed by atoms with Crippen LogP contribution in [-0.2, 0) is 6.54 Å². The molecule has 1 saturated carbocycles. The number of nitrogens with one attached hydrogen (secondary N) is 2. The molecule has 2 aromatic carbocycles. The Balaban J connectivity index is 1.21. The molecule has 0 bridgehead atoms. The number of halogens is 1. The number of hydrogen-bond acceptors (Lipinski definition) is 5. The third-order valence-electron chi connectivity index (χ3n) is 6.00. The summed E-state index contributed by atoms with van der Waals surface area (Å²) in [7, 11) is 0. The Bertz CT molecular complexity index is 1310. The zero-order chi connectivity index (χ0) is 21.4. The molecule has 1 aliphatic rings. The lowest BCUT2D eigenvalue weighted by Crippen LogP contribution is -2.32. The molecular formula is C23H22FN3O4. The van der Waals surface area contributed by atoms with Crippen molar-refractivity contribution in [3.8, 4) is 5.69 Å². The number of aromatic amines is 1. The van der Waals surface area contributed by atoms with Gasteiger partial charge in [0, 0.05) is 12.1 Å². The largest absolute Gasteiger partial charge is 0.423 e. The second kappa shape index (κ2) is 8.03. The summed E-state index contributed by atoms with van der Waals surface area (Å²) in [5.74, 6) is -0.229. The summed E-state index contributed by atoms with van der Waals surface area (Å²) in [4.78, 5) is 26.2. The lowest BCUT2D eigenvalue weighted by molar-refractivity contribution is 0.328. The van der Waals surface area contributed by atoms with E-state index in [2.05, 4.69) is 10.3 Å². The number of aromatic nitrogens is 2. The lowest BCUT2D eigenvalue weighted by Gasteiger charge is -2.29. The molecule has 2 heterocycles. The van der Waals surface area contributed by atoms with Gasteiger partial charge in [0.05, 0.1) is 23.9 Å². The molecule has 0 radical (unpaired) electrons. The maximum absolute atomic E-state index is 13.1. The fourth-order valence-electron chi connectivity index (χ4n) is 4.34. The Kier molecular flexibility index (Phi) is 5.07. The topological polar surface area (TPSA) is 93.2 Å². The van der Waals surface area contributed by atoms with Gasteiger partial charge in [0.1, 0.15) is 11.6 Å². The average molecular weight is 423 g/mol. The van der Waals surface area contributed by atoms with E-state index in [-0.39, 0.29) is 5.82 Å². The zero-order valence-corrected chi connectivity index (χ0v) is 16.8. The second-order valence-corrected chi connectivity index (χ2v) is 8.01. The first-order valence-electron chi connectivity index (χ1n) is 10.4. The fraction of sp³-hybridized carbons (Fsp3) is 0.304. The van der Waals surface area contributed by atoms with E-state index in [9.17, 15) is 14.0 Å². The highest BCUT2D eigenvalue weighted by atomic mass is 19.1. The van der Waals surface area contributed by atoms with Gasteiger partial charge in [-0.05, 0) is 61.4 Å². The van der Waals surface area contributed by atoms with Crippen LogP contribution in [0.3, 0.4) is 0 Å². The van der Waals surface area contributed by atoms with Crippen LogP contribution in [0.2, 0.25) is 0 Å². The number of rotatable bonds is 5. The van der Waals surface area contributed by atoms with E-state index >= 15 is 0 Å². The minimum absolute atomic E-state index is 0.204. The van der Waals surface area contributed by atoms with E-state index in [0.717, 1.165) is 25.7 Å². The average Bonchev–Trinajstić information content (AvgIpc) is 3.33. The first-order chi connectivity index (χ1) is 15.0. The molecule has 7 nitrogen and oxygen atoms in total. The molecule has 0 aliphatic heterocycles. The summed E-state index contributed by atoms with van der Waals surface area (Å²) in [5, 5.41) is 3.47. The van der Waals surface area contributed by atoms with Crippen molar-refractivity contribution < 1.29 is 13.2 Å². The maximum atomic E-state index is 13.1. The number of nitrogens with zero attached hydrogens (tertiary/aromatic N) is 1. The van der Waals surface area contributed by atoms with E-state index in [1.165, 1.54) is 22.3 Å². The molecule has 8 heteroatoms. The number of benzene rings is 2. The van der Waals surface area contributed by atoms with E-state index in [1.54, 1.807) is 24.4 Å². The minimum atomic E-state index is -0.536. The Labute approximate surface area is 176 Å². The lowest BCUT2D eigenvalue weighted by atomic mass is 9.82. The van der Waals surface area contributed by atoms with Crippen molar-refractivity contribution in [1.82, 2.24) is 14.9 Å². The Morgan fingerprint density at radius 1 is 1.03 bits per heavy atom. The molecule has 1 aliphatic carbocycles. The van der Waals surface area contributed by atoms with Crippen LogP contribution in [0.25, 0.3) is 16.8 Å². The standard InChI is InChI=1S/C23H22FN3O4/c24-16-5-1-14(2-6-16)15-3-7-17(8-4-15)25-12-19-13-27(23(29)30-19)18-9-10-20-21(11-18)31-22(28)26-20/h1-2,5-6,9-11,13,15,17,25H,3-4,7-8,12H2,(H,26,28). The highest BCUT2D eigenvalue weighted by Crippen LogP contribution is 2.33. The van der Waals surface area contributed by atoms with Crippen molar-refractivity contribution in [2.75, 3.05) is 0 Å². The van der Waals surface area contributed by atoms with Crippen LogP contribution in [0.1, 0.15) is 42.9 Å². The highest BCUT2D eigenvalue weighted by Gasteiger charge is 2.22. The van der Waals surface area contributed by atoms with Crippen molar-refractivity contribution in [3.05, 3.63) is 86.9 Å². The first kappa shape index (κ1) is 19.6. The monoisotopic (exact) mass is 423 g/mol. The third kappa shape index (κ3) is 4.11. The minimum Gasteiger partial charge on any atom is -0.411 e.